The van der Waals surface area contributed by atoms with E-state index in [4.69, 9.17) is 0 Å². The summed E-state index contributed by atoms with van der Waals surface area (Å²) >= 11 is 3.33. The van der Waals surface area contributed by atoms with Gasteiger partial charge in [-0.3, -0.25) is 4.79 Å². The van der Waals surface area contributed by atoms with Gasteiger partial charge in [0, 0.05) is 4.47 Å². The molecular formula is C8H6BrClN2O. The van der Waals surface area contributed by atoms with Gasteiger partial charge in [-0.05, 0) is 18.2 Å². The van der Waals surface area contributed by atoms with E-state index in [2.05, 4.69) is 25.9 Å². The van der Waals surface area contributed by atoms with E-state index >= 15 is 0 Å². The Kier molecular flexibility index (Phi) is 3.06. The van der Waals surface area contributed by atoms with Gasteiger partial charge in [-0.1, -0.05) is 15.9 Å². The maximum absolute atomic E-state index is 10.4. The van der Waals surface area contributed by atoms with E-state index in [1.165, 1.54) is 0 Å². The van der Waals surface area contributed by atoms with Gasteiger partial charge in [-0.15, -0.1) is 12.4 Å². The van der Waals surface area contributed by atoms with Gasteiger partial charge in [0.15, 0.2) is 12.1 Å². The number of halogens is 2. The van der Waals surface area contributed by atoms with Crippen LogP contribution in [0.25, 0.3) is 11.0 Å². The highest BCUT2D eigenvalue weighted by Gasteiger charge is 2.00. The molecule has 0 saturated heterocycles. The van der Waals surface area contributed by atoms with E-state index in [9.17, 15) is 4.79 Å². The average molecular weight is 262 g/mol. The molecule has 5 heteroatoms. The molecule has 3 nitrogen and oxygen atoms in total. The summed E-state index contributed by atoms with van der Waals surface area (Å²) in [4.78, 5) is 17.3. The van der Waals surface area contributed by atoms with E-state index in [-0.39, 0.29) is 12.4 Å². The summed E-state index contributed by atoms with van der Waals surface area (Å²) in [6.07, 6.45) is 0.702. The standard InChI is InChI=1S/C8H5BrN2O.ClH/c9-5-1-2-6-7(3-5)11-8(4-12)10-6;/h1-4H,(H,10,11);1H. The third kappa shape index (κ3) is 1.89. The maximum Gasteiger partial charge on any atom is 0.185 e. The summed E-state index contributed by atoms with van der Waals surface area (Å²) in [5.41, 5.74) is 1.67. The lowest BCUT2D eigenvalue weighted by Gasteiger charge is -1.87. The molecule has 0 unspecified atom stereocenters. The first-order valence-electron chi connectivity index (χ1n) is 3.40. The molecular weight excluding hydrogens is 255 g/mol. The topological polar surface area (TPSA) is 45.8 Å². The Morgan fingerprint density at radius 1 is 1.46 bits per heavy atom. The Morgan fingerprint density at radius 2 is 2.23 bits per heavy atom. The number of nitrogens with zero attached hydrogens (tertiary/aromatic N) is 1. The molecule has 0 aliphatic carbocycles. The summed E-state index contributed by atoms with van der Waals surface area (Å²) in [6, 6.07) is 5.62. The van der Waals surface area contributed by atoms with Gasteiger partial charge in [-0.2, -0.15) is 0 Å². The highest BCUT2D eigenvalue weighted by atomic mass is 79.9. The van der Waals surface area contributed by atoms with Crippen LogP contribution in [0.4, 0.5) is 0 Å². The first kappa shape index (κ1) is 10.2. The number of nitrogens with one attached hydrogen (secondary N) is 1. The summed E-state index contributed by atoms with van der Waals surface area (Å²) < 4.78 is 0.969. The molecule has 0 spiro atoms. The fraction of sp³-hybridized carbons (Fsp3) is 0. The largest absolute Gasteiger partial charge is 0.336 e. The normalized spacial score (nSPS) is 9.62. The number of carbonyl (C=O) groups is 1. The van der Waals surface area contributed by atoms with Gasteiger partial charge in [0.25, 0.3) is 0 Å². The molecule has 68 valence electrons. The van der Waals surface area contributed by atoms with Crippen molar-refractivity contribution in [2.45, 2.75) is 0 Å². The number of hydrogen-bond acceptors (Lipinski definition) is 2. The Labute approximate surface area is 89.1 Å². The minimum atomic E-state index is 0. The van der Waals surface area contributed by atoms with Gasteiger partial charge in [-0.25, -0.2) is 4.98 Å². The van der Waals surface area contributed by atoms with Crippen molar-refractivity contribution in [2.24, 2.45) is 0 Å². The summed E-state index contributed by atoms with van der Waals surface area (Å²) in [6.45, 7) is 0. The summed E-state index contributed by atoms with van der Waals surface area (Å²) in [5.74, 6) is 0.364. The SMILES string of the molecule is Cl.O=Cc1nc2ccc(Br)cc2[nH]1. The van der Waals surface area contributed by atoms with Crippen molar-refractivity contribution in [3.63, 3.8) is 0 Å². The first-order valence-corrected chi connectivity index (χ1v) is 4.19. The minimum Gasteiger partial charge on any atom is -0.336 e. The Bertz CT molecular complexity index is 441. The van der Waals surface area contributed by atoms with Crippen molar-refractivity contribution in [2.75, 3.05) is 0 Å². The van der Waals surface area contributed by atoms with E-state index in [1.807, 2.05) is 18.2 Å². The molecule has 1 N–H and O–H groups in total. The highest BCUT2D eigenvalue weighted by Crippen LogP contribution is 2.16. The average Bonchev–Trinajstić information content (AvgIpc) is 2.46. The van der Waals surface area contributed by atoms with Crippen LogP contribution in [0.2, 0.25) is 0 Å². The zero-order valence-corrected chi connectivity index (χ0v) is 8.85. The van der Waals surface area contributed by atoms with Crippen LogP contribution in [0.15, 0.2) is 22.7 Å². The third-order valence-corrected chi connectivity index (χ3v) is 2.07. The number of benzene rings is 1. The molecule has 0 aliphatic heterocycles. The van der Waals surface area contributed by atoms with Crippen molar-refractivity contribution in [1.82, 2.24) is 9.97 Å². The smallest absolute Gasteiger partial charge is 0.185 e. The van der Waals surface area contributed by atoms with Crippen LogP contribution in [-0.2, 0) is 0 Å². The van der Waals surface area contributed by atoms with E-state index < -0.39 is 0 Å². The van der Waals surface area contributed by atoms with E-state index in [1.54, 1.807) is 0 Å². The lowest BCUT2D eigenvalue weighted by atomic mass is 10.3. The summed E-state index contributed by atoms with van der Waals surface area (Å²) in [5, 5.41) is 0. The monoisotopic (exact) mass is 260 g/mol. The molecule has 1 aromatic heterocycles. The number of imidazole rings is 1. The number of rotatable bonds is 1. The Morgan fingerprint density at radius 3 is 2.92 bits per heavy atom. The summed E-state index contributed by atoms with van der Waals surface area (Å²) in [7, 11) is 0. The number of carbonyl (C=O) groups excluding carboxylic acids is 1. The third-order valence-electron chi connectivity index (χ3n) is 1.57. The minimum absolute atomic E-state index is 0. The number of aromatic nitrogens is 2. The molecule has 2 aromatic rings. The van der Waals surface area contributed by atoms with E-state index in [0.29, 0.717) is 12.1 Å². The lowest BCUT2D eigenvalue weighted by Crippen LogP contribution is -1.78. The lowest BCUT2D eigenvalue weighted by molar-refractivity contribution is 0.111. The fourth-order valence-electron chi connectivity index (χ4n) is 1.06. The van der Waals surface area contributed by atoms with Crippen LogP contribution in [0, 0.1) is 0 Å². The van der Waals surface area contributed by atoms with Gasteiger partial charge in [0.1, 0.15) is 0 Å². The van der Waals surface area contributed by atoms with Crippen LogP contribution >= 0.6 is 28.3 Å². The number of hydrogen-bond donors (Lipinski definition) is 1. The number of H-pyrrole nitrogens is 1. The quantitative estimate of drug-likeness (QED) is 0.802. The van der Waals surface area contributed by atoms with Crippen molar-refractivity contribution >= 4 is 45.7 Å². The fourth-order valence-corrected chi connectivity index (χ4v) is 1.42. The van der Waals surface area contributed by atoms with Crippen LogP contribution in [0.5, 0.6) is 0 Å². The maximum atomic E-state index is 10.4. The molecule has 0 amide bonds. The molecule has 13 heavy (non-hydrogen) atoms. The van der Waals surface area contributed by atoms with Gasteiger partial charge in [0.2, 0.25) is 0 Å². The molecule has 0 radical (unpaired) electrons. The molecule has 0 aliphatic rings. The van der Waals surface area contributed by atoms with Crippen molar-refractivity contribution in [1.29, 1.82) is 0 Å². The highest BCUT2D eigenvalue weighted by molar-refractivity contribution is 9.10. The number of aldehydes is 1. The van der Waals surface area contributed by atoms with Crippen molar-refractivity contribution in [3.8, 4) is 0 Å². The van der Waals surface area contributed by atoms with Gasteiger partial charge in [0.05, 0.1) is 11.0 Å². The molecule has 0 fully saturated rings. The second-order valence-electron chi connectivity index (χ2n) is 2.40. The molecule has 0 saturated carbocycles. The van der Waals surface area contributed by atoms with Gasteiger partial charge < -0.3 is 4.98 Å². The predicted molar refractivity (Wildman–Crippen MR) is 56.4 cm³/mol. The van der Waals surface area contributed by atoms with Crippen molar-refractivity contribution < 1.29 is 4.79 Å². The number of fused-ring (bicyclic) bond motifs is 1. The zero-order chi connectivity index (χ0) is 8.55. The zero-order valence-electron chi connectivity index (χ0n) is 6.45. The van der Waals surface area contributed by atoms with Gasteiger partial charge >= 0.3 is 0 Å². The van der Waals surface area contributed by atoms with Crippen LogP contribution in [0.1, 0.15) is 10.6 Å². The van der Waals surface area contributed by atoms with Crippen molar-refractivity contribution in [3.05, 3.63) is 28.5 Å². The predicted octanol–water partition coefficient (Wildman–Crippen LogP) is 2.56. The van der Waals surface area contributed by atoms with Crippen LogP contribution in [0.3, 0.4) is 0 Å². The molecule has 1 aromatic carbocycles. The second-order valence-corrected chi connectivity index (χ2v) is 3.32. The Balaban J connectivity index is 0.000000845. The van der Waals surface area contributed by atoms with E-state index in [0.717, 1.165) is 15.5 Å². The first-order chi connectivity index (χ1) is 5.79. The second kappa shape index (κ2) is 3.89. The number of aromatic amines is 1. The molecule has 0 bridgehead atoms. The van der Waals surface area contributed by atoms with Crippen LogP contribution in [-0.4, -0.2) is 16.3 Å². The molecule has 2 rings (SSSR count). The van der Waals surface area contributed by atoms with Crippen LogP contribution < -0.4 is 0 Å². The molecule has 0 atom stereocenters. The molecule has 1 heterocycles. The Hall–Kier alpha value is -0.870.